The molecule has 7 nitrogen and oxygen atoms in total. The van der Waals surface area contributed by atoms with Crippen LogP contribution < -0.4 is 15.5 Å². The lowest BCUT2D eigenvalue weighted by Crippen LogP contribution is -2.41. The van der Waals surface area contributed by atoms with Crippen LogP contribution >= 0.6 is 23.4 Å². The number of ether oxygens (including phenoxy) is 1. The molecule has 0 radical (unpaired) electrons. The van der Waals surface area contributed by atoms with Gasteiger partial charge in [-0.25, -0.2) is 4.68 Å². The Hall–Kier alpha value is -3.49. The van der Waals surface area contributed by atoms with E-state index < -0.39 is 5.25 Å². The van der Waals surface area contributed by atoms with Crippen molar-refractivity contribution in [1.29, 1.82) is 0 Å². The van der Waals surface area contributed by atoms with Gasteiger partial charge in [-0.3, -0.25) is 4.79 Å². The molecule has 3 aromatic carbocycles. The van der Waals surface area contributed by atoms with Crippen molar-refractivity contribution in [3.05, 3.63) is 89.4 Å². The molecule has 34 heavy (non-hydrogen) atoms. The number of thioether (sulfide) groups is 1. The van der Waals surface area contributed by atoms with Gasteiger partial charge < -0.3 is 15.5 Å². The number of carbonyl (C=O) groups excluding carboxylic acids is 1. The lowest BCUT2D eigenvalue weighted by atomic mass is 10.0. The number of amides is 1. The van der Waals surface area contributed by atoms with Crippen LogP contribution in [0.4, 0.5) is 5.69 Å². The van der Waals surface area contributed by atoms with E-state index in [0.717, 1.165) is 16.9 Å². The summed E-state index contributed by atoms with van der Waals surface area (Å²) in [6, 6.07) is 24.3. The molecule has 0 saturated carbocycles. The monoisotopic (exact) mass is 491 g/mol. The first kappa shape index (κ1) is 22.3. The summed E-state index contributed by atoms with van der Waals surface area (Å²) in [6.45, 7) is 2.54. The van der Waals surface area contributed by atoms with Crippen LogP contribution in [0.3, 0.4) is 0 Å². The number of fused-ring (bicyclic) bond motifs is 1. The van der Waals surface area contributed by atoms with Crippen LogP contribution in [0, 0.1) is 0 Å². The third-order valence-electron chi connectivity index (χ3n) is 5.39. The molecule has 2 N–H and O–H groups in total. The molecule has 0 spiro atoms. The Kier molecular flexibility index (Phi) is 6.42. The lowest BCUT2D eigenvalue weighted by molar-refractivity contribution is -0.116. The highest BCUT2D eigenvalue weighted by atomic mass is 35.5. The molecule has 1 aliphatic heterocycles. The fraction of sp³-hybridized carbons (Fsp3) is 0.160. The van der Waals surface area contributed by atoms with E-state index in [-0.39, 0.29) is 11.9 Å². The minimum Gasteiger partial charge on any atom is -0.494 e. The smallest absolute Gasteiger partial charge is 0.240 e. The minimum absolute atomic E-state index is 0.144. The number of nitrogens with zero attached hydrogens (tertiary/aromatic N) is 3. The molecule has 4 aromatic rings. The Morgan fingerprint density at radius 1 is 1.06 bits per heavy atom. The number of rotatable bonds is 6. The second-order valence-electron chi connectivity index (χ2n) is 7.65. The molecule has 2 atom stereocenters. The summed E-state index contributed by atoms with van der Waals surface area (Å²) in [6.07, 6.45) is 0. The first-order valence-corrected chi connectivity index (χ1v) is 12.1. The van der Waals surface area contributed by atoms with E-state index in [9.17, 15) is 4.79 Å². The largest absolute Gasteiger partial charge is 0.494 e. The average molecular weight is 492 g/mol. The van der Waals surface area contributed by atoms with Gasteiger partial charge in [-0.2, -0.15) is 0 Å². The van der Waals surface area contributed by atoms with Crippen molar-refractivity contribution in [2.45, 2.75) is 23.4 Å². The van der Waals surface area contributed by atoms with Crippen LogP contribution in [0.1, 0.15) is 18.5 Å². The maximum absolute atomic E-state index is 13.4. The fourth-order valence-electron chi connectivity index (χ4n) is 3.76. The highest BCUT2D eigenvalue weighted by Crippen LogP contribution is 2.39. The SMILES string of the molecule is CCOc1ccc(C2Nn3c(nnc3-c3ccccc3)SC2C(=O)Nc2ccc(Cl)cc2)cc1. The van der Waals surface area contributed by atoms with Gasteiger partial charge in [-0.05, 0) is 48.9 Å². The maximum Gasteiger partial charge on any atom is 0.240 e. The van der Waals surface area contributed by atoms with E-state index in [1.807, 2.05) is 66.2 Å². The highest BCUT2D eigenvalue weighted by Gasteiger charge is 2.38. The number of aromatic nitrogens is 3. The summed E-state index contributed by atoms with van der Waals surface area (Å²) >= 11 is 7.37. The molecule has 1 amide bonds. The van der Waals surface area contributed by atoms with Crippen LogP contribution in [0.15, 0.2) is 84.0 Å². The molecule has 2 unspecified atom stereocenters. The van der Waals surface area contributed by atoms with E-state index >= 15 is 0 Å². The molecule has 0 aliphatic carbocycles. The van der Waals surface area contributed by atoms with Gasteiger partial charge >= 0.3 is 0 Å². The number of carbonyl (C=O) groups is 1. The van der Waals surface area contributed by atoms with Gasteiger partial charge in [0.05, 0.1) is 12.6 Å². The topological polar surface area (TPSA) is 81.1 Å². The molecule has 0 saturated heterocycles. The lowest BCUT2D eigenvalue weighted by Gasteiger charge is -2.33. The molecule has 172 valence electrons. The Morgan fingerprint density at radius 3 is 2.50 bits per heavy atom. The quantitative estimate of drug-likeness (QED) is 0.376. The third-order valence-corrected chi connectivity index (χ3v) is 6.86. The molecular weight excluding hydrogens is 470 g/mol. The predicted octanol–water partition coefficient (Wildman–Crippen LogP) is 5.40. The van der Waals surface area contributed by atoms with E-state index in [1.54, 1.807) is 24.3 Å². The highest BCUT2D eigenvalue weighted by molar-refractivity contribution is 8.00. The van der Waals surface area contributed by atoms with E-state index in [4.69, 9.17) is 16.3 Å². The van der Waals surface area contributed by atoms with Crippen LogP contribution in [-0.4, -0.2) is 32.6 Å². The molecule has 9 heteroatoms. The summed E-state index contributed by atoms with van der Waals surface area (Å²) in [5.74, 6) is 1.33. The zero-order valence-corrected chi connectivity index (χ0v) is 19.9. The van der Waals surface area contributed by atoms with Gasteiger partial charge in [0.1, 0.15) is 11.0 Å². The van der Waals surface area contributed by atoms with Crippen molar-refractivity contribution in [2.24, 2.45) is 0 Å². The molecule has 1 aliphatic rings. The normalized spacial score (nSPS) is 16.9. The first-order valence-electron chi connectivity index (χ1n) is 10.9. The number of hydrogen-bond donors (Lipinski definition) is 2. The number of benzene rings is 3. The Bertz CT molecular complexity index is 1280. The standard InChI is InChI=1S/C25H22ClN5O2S/c1-2-33-20-14-8-16(9-15-20)21-22(24(32)27-19-12-10-18(26)11-13-19)34-25-29-28-23(31(25)30-21)17-6-4-3-5-7-17/h3-15,21-22,30H,2H2,1H3,(H,27,32). The number of nitrogens with one attached hydrogen (secondary N) is 2. The van der Waals surface area contributed by atoms with Crippen LogP contribution in [0.5, 0.6) is 5.75 Å². The second-order valence-corrected chi connectivity index (χ2v) is 9.20. The third kappa shape index (κ3) is 4.60. The van der Waals surface area contributed by atoms with Gasteiger partial charge in [-0.15, -0.1) is 10.2 Å². The van der Waals surface area contributed by atoms with Crippen molar-refractivity contribution >= 4 is 35.0 Å². The first-order chi connectivity index (χ1) is 16.6. The molecule has 0 bridgehead atoms. The average Bonchev–Trinajstić information content (AvgIpc) is 3.29. The maximum atomic E-state index is 13.4. The fourth-order valence-corrected chi connectivity index (χ4v) is 4.97. The number of halogens is 1. The van der Waals surface area contributed by atoms with Gasteiger partial charge in [0.15, 0.2) is 5.82 Å². The summed E-state index contributed by atoms with van der Waals surface area (Å²) in [7, 11) is 0. The van der Waals surface area contributed by atoms with Crippen LogP contribution in [-0.2, 0) is 4.79 Å². The minimum atomic E-state index is -0.492. The molecule has 1 aromatic heterocycles. The Balaban J connectivity index is 1.49. The van der Waals surface area contributed by atoms with E-state index in [2.05, 4.69) is 20.9 Å². The molecule has 2 heterocycles. The van der Waals surface area contributed by atoms with E-state index in [0.29, 0.717) is 28.3 Å². The van der Waals surface area contributed by atoms with Crippen LogP contribution in [0.25, 0.3) is 11.4 Å². The zero-order valence-electron chi connectivity index (χ0n) is 18.3. The van der Waals surface area contributed by atoms with Gasteiger partial charge in [-0.1, -0.05) is 65.8 Å². The Labute approximate surface area is 206 Å². The predicted molar refractivity (Wildman–Crippen MR) is 135 cm³/mol. The summed E-state index contributed by atoms with van der Waals surface area (Å²) in [4.78, 5) is 13.4. The van der Waals surface area contributed by atoms with Gasteiger partial charge in [0.2, 0.25) is 11.1 Å². The summed E-state index contributed by atoms with van der Waals surface area (Å²) in [5, 5.41) is 12.5. The van der Waals surface area contributed by atoms with Crippen LogP contribution in [0.2, 0.25) is 5.02 Å². The molecular formula is C25H22ClN5O2S. The molecule has 0 fully saturated rings. The Morgan fingerprint density at radius 2 is 1.79 bits per heavy atom. The zero-order chi connectivity index (χ0) is 23.5. The molecule has 5 rings (SSSR count). The number of anilines is 1. The van der Waals surface area contributed by atoms with Crippen molar-refractivity contribution in [3.63, 3.8) is 0 Å². The van der Waals surface area contributed by atoms with Crippen molar-refractivity contribution in [1.82, 2.24) is 14.9 Å². The number of hydrogen-bond acceptors (Lipinski definition) is 6. The van der Waals surface area contributed by atoms with Crippen molar-refractivity contribution in [3.8, 4) is 17.1 Å². The summed E-state index contributed by atoms with van der Waals surface area (Å²) < 4.78 is 7.45. The van der Waals surface area contributed by atoms with Crippen molar-refractivity contribution < 1.29 is 9.53 Å². The van der Waals surface area contributed by atoms with Gasteiger partial charge in [0, 0.05) is 16.3 Å². The van der Waals surface area contributed by atoms with Gasteiger partial charge in [0.25, 0.3) is 0 Å². The second kappa shape index (κ2) is 9.79. The van der Waals surface area contributed by atoms with E-state index in [1.165, 1.54) is 11.8 Å². The van der Waals surface area contributed by atoms with Crippen molar-refractivity contribution in [2.75, 3.05) is 17.3 Å². The summed E-state index contributed by atoms with van der Waals surface area (Å²) in [5.41, 5.74) is 6.05.